The lowest BCUT2D eigenvalue weighted by Gasteiger charge is -2.23. The van der Waals surface area contributed by atoms with E-state index in [0.29, 0.717) is 29.7 Å². The summed E-state index contributed by atoms with van der Waals surface area (Å²) in [6.45, 7) is 3.85. The molecule has 33 heavy (non-hydrogen) atoms. The predicted molar refractivity (Wildman–Crippen MR) is 132 cm³/mol. The maximum Gasteiger partial charge on any atom is 0.328 e. The quantitative estimate of drug-likeness (QED) is 0.328. The Labute approximate surface area is 200 Å². The predicted octanol–water partition coefficient (Wildman–Crippen LogP) is 5.00. The summed E-state index contributed by atoms with van der Waals surface area (Å²) in [4.78, 5) is 42.1. The highest BCUT2D eigenvalue weighted by molar-refractivity contribution is 8.01. The monoisotopic (exact) mass is 484 g/mol. The third-order valence-corrected chi connectivity index (χ3v) is 6.32. The zero-order chi connectivity index (χ0) is 23.6. The highest BCUT2D eigenvalue weighted by atomic mass is 32.2. The first-order valence-corrected chi connectivity index (χ1v) is 12.0. The minimum absolute atomic E-state index is 0.180. The lowest BCUT2D eigenvalue weighted by atomic mass is 10.2. The molecule has 0 radical (unpaired) electrons. The fourth-order valence-corrected chi connectivity index (χ4v) is 4.54. The van der Waals surface area contributed by atoms with Crippen molar-refractivity contribution in [2.45, 2.75) is 24.6 Å². The van der Waals surface area contributed by atoms with Gasteiger partial charge in [-0.25, -0.2) is 9.78 Å². The number of aromatic nitrogens is 1. The Bertz CT molecular complexity index is 1100. The first kappa shape index (κ1) is 24.3. The molecular formula is C23H24N4O4S2. The van der Waals surface area contributed by atoms with Crippen LogP contribution in [0.15, 0.2) is 65.0 Å². The number of esters is 1. The summed E-state index contributed by atoms with van der Waals surface area (Å²) in [7, 11) is 0. The Kier molecular flexibility index (Phi) is 8.85. The van der Waals surface area contributed by atoms with Gasteiger partial charge in [0.1, 0.15) is 0 Å². The average molecular weight is 485 g/mol. The summed E-state index contributed by atoms with van der Waals surface area (Å²) < 4.78 is 5.72. The van der Waals surface area contributed by atoms with E-state index in [4.69, 9.17) is 4.74 Å². The number of carbonyl (C=O) groups excluding carboxylic acids is 3. The number of urea groups is 1. The molecule has 0 spiro atoms. The lowest BCUT2D eigenvalue weighted by molar-refractivity contribution is -0.139. The van der Waals surface area contributed by atoms with E-state index in [1.807, 2.05) is 30.3 Å². The van der Waals surface area contributed by atoms with Crippen LogP contribution in [0.4, 0.5) is 21.3 Å². The first-order chi connectivity index (χ1) is 15.9. The van der Waals surface area contributed by atoms with E-state index in [1.54, 1.807) is 42.3 Å². The number of thioether (sulfide) groups is 1. The number of nitrogens with zero attached hydrogens (tertiary/aromatic N) is 2. The fourth-order valence-electron chi connectivity index (χ4n) is 2.88. The van der Waals surface area contributed by atoms with Gasteiger partial charge in [0.15, 0.2) is 5.13 Å². The van der Waals surface area contributed by atoms with Gasteiger partial charge in [0.25, 0.3) is 0 Å². The minimum atomic E-state index is -0.366. The standard InChI is InChI=1S/C23H24N4O4S2/c1-3-31-20(29)15-32-21-13-24-22(33-21)26-23(30)27(14-17-8-5-4-6-9-17)19-11-7-10-18(12-19)25-16(2)28/h4-13H,3,14-15H2,1-2H3,(H,25,28)(H,24,26,30). The summed E-state index contributed by atoms with van der Waals surface area (Å²) in [5.41, 5.74) is 2.16. The summed E-state index contributed by atoms with van der Waals surface area (Å²) in [5, 5.41) is 5.99. The second kappa shape index (κ2) is 12.0. The number of hydrogen-bond acceptors (Lipinski definition) is 7. The molecule has 0 fully saturated rings. The topological polar surface area (TPSA) is 101 Å². The number of thiazole rings is 1. The van der Waals surface area contributed by atoms with Crippen LogP contribution in [0, 0.1) is 0 Å². The van der Waals surface area contributed by atoms with E-state index < -0.39 is 0 Å². The molecule has 8 nitrogen and oxygen atoms in total. The van der Waals surface area contributed by atoms with Gasteiger partial charge in [0.2, 0.25) is 5.91 Å². The van der Waals surface area contributed by atoms with E-state index in [2.05, 4.69) is 15.6 Å². The van der Waals surface area contributed by atoms with Gasteiger partial charge in [0.05, 0.1) is 29.3 Å². The molecule has 2 N–H and O–H groups in total. The highest BCUT2D eigenvalue weighted by Gasteiger charge is 2.19. The molecule has 3 rings (SSSR count). The second-order valence-electron chi connectivity index (χ2n) is 6.81. The smallest absolute Gasteiger partial charge is 0.328 e. The van der Waals surface area contributed by atoms with Gasteiger partial charge in [0, 0.05) is 18.3 Å². The number of hydrogen-bond donors (Lipinski definition) is 2. The summed E-state index contributed by atoms with van der Waals surface area (Å²) in [6, 6.07) is 16.3. The zero-order valence-corrected chi connectivity index (χ0v) is 19.9. The van der Waals surface area contributed by atoms with Crippen molar-refractivity contribution >= 4 is 57.5 Å². The van der Waals surface area contributed by atoms with Gasteiger partial charge < -0.3 is 10.1 Å². The molecule has 0 aliphatic rings. The summed E-state index contributed by atoms with van der Waals surface area (Å²) in [5.74, 6) is -0.309. The molecule has 1 heterocycles. The van der Waals surface area contributed by atoms with Gasteiger partial charge in [-0.3, -0.25) is 19.8 Å². The van der Waals surface area contributed by atoms with Crippen molar-refractivity contribution in [2.24, 2.45) is 0 Å². The molecule has 0 saturated heterocycles. The van der Waals surface area contributed by atoms with Gasteiger partial charge >= 0.3 is 12.0 Å². The van der Waals surface area contributed by atoms with E-state index in [-0.39, 0.29) is 23.7 Å². The van der Waals surface area contributed by atoms with Gasteiger partial charge in [-0.15, -0.1) is 11.8 Å². The molecule has 3 amide bonds. The third kappa shape index (κ3) is 7.62. The van der Waals surface area contributed by atoms with Crippen molar-refractivity contribution in [2.75, 3.05) is 27.9 Å². The van der Waals surface area contributed by atoms with E-state index in [9.17, 15) is 14.4 Å². The van der Waals surface area contributed by atoms with Crippen LogP contribution in [-0.4, -0.2) is 35.3 Å². The van der Waals surface area contributed by atoms with Gasteiger partial charge in [-0.2, -0.15) is 0 Å². The van der Waals surface area contributed by atoms with E-state index in [0.717, 1.165) is 9.77 Å². The SMILES string of the molecule is CCOC(=O)CSc1cnc(NC(=O)N(Cc2ccccc2)c2cccc(NC(C)=O)c2)s1. The normalized spacial score (nSPS) is 10.4. The van der Waals surface area contributed by atoms with Crippen LogP contribution in [0.2, 0.25) is 0 Å². The molecule has 1 aromatic heterocycles. The van der Waals surface area contributed by atoms with Crippen LogP contribution >= 0.6 is 23.1 Å². The number of ether oxygens (including phenoxy) is 1. The molecule has 0 saturated carbocycles. The molecule has 0 aliphatic heterocycles. The zero-order valence-electron chi connectivity index (χ0n) is 18.2. The number of amides is 3. The van der Waals surface area contributed by atoms with Crippen LogP contribution in [0.3, 0.4) is 0 Å². The number of nitrogens with one attached hydrogen (secondary N) is 2. The number of carbonyl (C=O) groups is 3. The number of benzene rings is 2. The molecule has 172 valence electrons. The van der Waals surface area contributed by atoms with Crippen LogP contribution < -0.4 is 15.5 Å². The number of anilines is 3. The first-order valence-electron chi connectivity index (χ1n) is 10.2. The molecule has 0 unspecified atom stereocenters. The molecule has 0 bridgehead atoms. The van der Waals surface area contributed by atoms with Crippen molar-refractivity contribution in [3.63, 3.8) is 0 Å². The maximum atomic E-state index is 13.2. The molecule has 3 aromatic rings. The van der Waals surface area contributed by atoms with Crippen LogP contribution in [0.1, 0.15) is 19.4 Å². The van der Waals surface area contributed by atoms with Crippen molar-refractivity contribution in [1.82, 2.24) is 4.98 Å². The van der Waals surface area contributed by atoms with Crippen LogP contribution in [0.5, 0.6) is 0 Å². The highest BCUT2D eigenvalue weighted by Crippen LogP contribution is 2.29. The van der Waals surface area contributed by atoms with Crippen molar-refractivity contribution in [1.29, 1.82) is 0 Å². The Morgan fingerprint density at radius 3 is 2.61 bits per heavy atom. The van der Waals surface area contributed by atoms with Crippen LogP contribution in [-0.2, 0) is 20.9 Å². The molecule has 0 aliphatic carbocycles. The molecule has 2 aromatic carbocycles. The molecule has 0 atom stereocenters. The van der Waals surface area contributed by atoms with Crippen molar-refractivity contribution < 1.29 is 19.1 Å². The number of rotatable bonds is 9. The van der Waals surface area contributed by atoms with E-state index >= 15 is 0 Å². The van der Waals surface area contributed by atoms with Gasteiger partial charge in [-0.05, 0) is 30.7 Å². The van der Waals surface area contributed by atoms with Crippen molar-refractivity contribution in [3.8, 4) is 0 Å². The van der Waals surface area contributed by atoms with Crippen LogP contribution in [0.25, 0.3) is 0 Å². The average Bonchev–Trinajstić information content (AvgIpc) is 3.24. The molecule has 10 heteroatoms. The van der Waals surface area contributed by atoms with Gasteiger partial charge in [-0.1, -0.05) is 47.7 Å². The lowest BCUT2D eigenvalue weighted by Crippen LogP contribution is -2.34. The third-order valence-electron chi connectivity index (χ3n) is 4.24. The Balaban J connectivity index is 1.76. The second-order valence-corrected chi connectivity index (χ2v) is 9.12. The summed E-state index contributed by atoms with van der Waals surface area (Å²) >= 11 is 2.59. The Hall–Kier alpha value is -3.37. The maximum absolute atomic E-state index is 13.2. The minimum Gasteiger partial charge on any atom is -0.465 e. The Morgan fingerprint density at radius 2 is 1.88 bits per heavy atom. The Morgan fingerprint density at radius 1 is 1.09 bits per heavy atom. The largest absolute Gasteiger partial charge is 0.465 e. The van der Waals surface area contributed by atoms with Crippen molar-refractivity contribution in [3.05, 3.63) is 66.4 Å². The molecular weight excluding hydrogens is 460 g/mol. The summed E-state index contributed by atoms with van der Waals surface area (Å²) in [6.07, 6.45) is 1.61. The van der Waals surface area contributed by atoms with E-state index in [1.165, 1.54) is 30.0 Å². The fraction of sp³-hybridized carbons (Fsp3) is 0.217.